The molecule has 0 spiro atoms. The Morgan fingerprint density at radius 1 is 1.00 bits per heavy atom. The number of nitrogens with one attached hydrogen (secondary N) is 1. The van der Waals surface area contributed by atoms with Crippen molar-refractivity contribution in [3.8, 4) is 0 Å². The molecule has 0 aliphatic heterocycles. The van der Waals surface area contributed by atoms with Gasteiger partial charge in [-0.1, -0.05) is 33.6 Å². The predicted molar refractivity (Wildman–Crippen MR) is 90.7 cm³/mol. The summed E-state index contributed by atoms with van der Waals surface area (Å²) >= 11 is 0. The van der Waals surface area contributed by atoms with Crippen LogP contribution in [0.4, 0.5) is 0 Å². The van der Waals surface area contributed by atoms with Gasteiger partial charge < -0.3 is 5.32 Å². The average molecular weight is 322 g/mol. The molecule has 128 valence electrons. The van der Waals surface area contributed by atoms with Crippen LogP contribution in [0.5, 0.6) is 0 Å². The molecule has 0 unspecified atom stereocenters. The van der Waals surface area contributed by atoms with Crippen LogP contribution in [0.1, 0.15) is 60.3 Å². The van der Waals surface area contributed by atoms with Crippen molar-refractivity contribution in [3.63, 3.8) is 0 Å². The van der Waals surface area contributed by atoms with Gasteiger partial charge in [0.15, 0.2) is 0 Å². The third-order valence-electron chi connectivity index (χ3n) is 3.45. The Kier molecular flexibility index (Phi) is 10.5. The highest BCUT2D eigenvalue weighted by Gasteiger charge is 2.28. The third-order valence-corrected chi connectivity index (χ3v) is 5.62. The highest BCUT2D eigenvalue weighted by atomic mass is 32.2. The first kappa shape index (κ1) is 20.8. The van der Waals surface area contributed by atoms with E-state index in [1.54, 1.807) is 11.4 Å². The van der Waals surface area contributed by atoms with Gasteiger partial charge in [-0.15, -0.1) is 0 Å². The molecule has 6 heteroatoms. The van der Waals surface area contributed by atoms with E-state index in [0.29, 0.717) is 19.1 Å². The van der Waals surface area contributed by atoms with Gasteiger partial charge in [0.25, 0.3) is 10.2 Å². The van der Waals surface area contributed by atoms with E-state index in [2.05, 4.69) is 26.1 Å². The maximum Gasteiger partial charge on any atom is 0.281 e. The topological polar surface area (TPSA) is 52.7 Å². The molecule has 0 atom stereocenters. The van der Waals surface area contributed by atoms with E-state index < -0.39 is 10.2 Å². The van der Waals surface area contributed by atoms with Crippen molar-refractivity contribution in [1.29, 1.82) is 0 Å². The number of hydrogen-bond acceptors (Lipinski definition) is 3. The molecule has 1 N–H and O–H groups in total. The van der Waals surface area contributed by atoms with Crippen LogP contribution in [0.2, 0.25) is 0 Å². The Morgan fingerprint density at radius 2 is 1.62 bits per heavy atom. The summed E-state index contributed by atoms with van der Waals surface area (Å²) in [6, 6.07) is 0.441. The second-order valence-electron chi connectivity index (χ2n) is 6.20. The molecule has 0 fully saturated rings. The largest absolute Gasteiger partial charge is 0.314 e. The van der Waals surface area contributed by atoms with Crippen LogP contribution >= 0.6 is 0 Å². The summed E-state index contributed by atoms with van der Waals surface area (Å²) in [7, 11) is -1.66. The predicted octanol–water partition coefficient (Wildman–Crippen LogP) is 2.45. The monoisotopic (exact) mass is 321 g/mol. The second-order valence-corrected chi connectivity index (χ2v) is 8.19. The summed E-state index contributed by atoms with van der Waals surface area (Å²) in [6.07, 6.45) is 3.93. The van der Waals surface area contributed by atoms with Crippen LogP contribution in [0.3, 0.4) is 0 Å². The van der Waals surface area contributed by atoms with E-state index in [-0.39, 0.29) is 6.04 Å². The summed E-state index contributed by atoms with van der Waals surface area (Å²) in [6.45, 7) is 12.2. The van der Waals surface area contributed by atoms with E-state index in [1.165, 1.54) is 4.31 Å². The van der Waals surface area contributed by atoms with Gasteiger partial charge in [0.05, 0.1) is 0 Å². The summed E-state index contributed by atoms with van der Waals surface area (Å²) in [5.41, 5.74) is 0. The normalized spacial score (nSPS) is 13.0. The van der Waals surface area contributed by atoms with Gasteiger partial charge in [0, 0.05) is 32.2 Å². The van der Waals surface area contributed by atoms with Gasteiger partial charge >= 0.3 is 0 Å². The number of unbranched alkanes of at least 4 members (excludes halogenated alkanes) is 2. The number of hydrogen-bond donors (Lipinski definition) is 1. The lowest BCUT2D eigenvalue weighted by Gasteiger charge is -2.30. The Bertz CT molecular complexity index is 356. The zero-order valence-corrected chi connectivity index (χ0v) is 15.5. The van der Waals surface area contributed by atoms with Crippen molar-refractivity contribution in [1.82, 2.24) is 13.9 Å². The SMILES string of the molecule is CCCCCN(C(C)C)S(=O)(=O)N(C)CCCNC(C)C. The molecule has 0 aliphatic rings. The summed E-state index contributed by atoms with van der Waals surface area (Å²) in [5, 5.41) is 3.31. The first-order chi connectivity index (χ1) is 9.73. The molecule has 5 nitrogen and oxygen atoms in total. The van der Waals surface area contributed by atoms with Gasteiger partial charge in [0.2, 0.25) is 0 Å². The van der Waals surface area contributed by atoms with Crippen molar-refractivity contribution in [2.75, 3.05) is 26.7 Å². The molecule has 0 amide bonds. The van der Waals surface area contributed by atoms with Crippen LogP contribution in [0, 0.1) is 0 Å². The molecule has 0 aromatic rings. The van der Waals surface area contributed by atoms with Crippen molar-refractivity contribution in [2.45, 2.75) is 72.4 Å². The van der Waals surface area contributed by atoms with Crippen LogP contribution in [-0.2, 0) is 10.2 Å². The Hall–Kier alpha value is -0.170. The molecule has 0 aromatic carbocycles. The van der Waals surface area contributed by atoms with Crippen LogP contribution < -0.4 is 5.32 Å². The summed E-state index contributed by atoms with van der Waals surface area (Å²) in [5.74, 6) is 0. The molecule has 0 aliphatic carbocycles. The first-order valence-corrected chi connectivity index (χ1v) is 9.59. The van der Waals surface area contributed by atoms with E-state index in [4.69, 9.17) is 0 Å². The zero-order chi connectivity index (χ0) is 16.5. The van der Waals surface area contributed by atoms with Gasteiger partial charge in [-0.3, -0.25) is 0 Å². The molecule has 0 aromatic heterocycles. The van der Waals surface area contributed by atoms with E-state index in [0.717, 1.165) is 32.2 Å². The minimum atomic E-state index is -3.34. The molecule has 21 heavy (non-hydrogen) atoms. The van der Waals surface area contributed by atoms with Crippen LogP contribution in [-0.4, -0.2) is 55.8 Å². The second kappa shape index (κ2) is 10.5. The molecule has 0 radical (unpaired) electrons. The van der Waals surface area contributed by atoms with E-state index in [1.807, 2.05) is 13.8 Å². The van der Waals surface area contributed by atoms with Crippen molar-refractivity contribution in [2.24, 2.45) is 0 Å². The highest BCUT2D eigenvalue weighted by molar-refractivity contribution is 7.86. The Balaban J connectivity index is 4.49. The lowest BCUT2D eigenvalue weighted by Crippen LogP contribution is -2.46. The highest BCUT2D eigenvalue weighted by Crippen LogP contribution is 2.13. The lowest BCUT2D eigenvalue weighted by atomic mass is 10.2. The molecule has 0 heterocycles. The van der Waals surface area contributed by atoms with Gasteiger partial charge in [0.1, 0.15) is 0 Å². The zero-order valence-electron chi connectivity index (χ0n) is 14.7. The maximum atomic E-state index is 12.6. The van der Waals surface area contributed by atoms with Crippen molar-refractivity contribution < 1.29 is 8.42 Å². The summed E-state index contributed by atoms with van der Waals surface area (Å²) < 4.78 is 28.4. The fourth-order valence-corrected chi connectivity index (χ4v) is 3.75. The van der Waals surface area contributed by atoms with Gasteiger partial charge in [-0.25, -0.2) is 0 Å². The van der Waals surface area contributed by atoms with Crippen molar-refractivity contribution in [3.05, 3.63) is 0 Å². The minimum Gasteiger partial charge on any atom is -0.314 e. The lowest BCUT2D eigenvalue weighted by molar-refractivity contribution is 0.310. The van der Waals surface area contributed by atoms with E-state index >= 15 is 0 Å². The third kappa shape index (κ3) is 8.14. The molecule has 0 rings (SSSR count). The molecule has 0 saturated carbocycles. The fourth-order valence-electron chi connectivity index (χ4n) is 2.14. The molecule has 0 bridgehead atoms. The minimum absolute atomic E-state index is 0.00287. The fraction of sp³-hybridized carbons (Fsp3) is 1.00. The van der Waals surface area contributed by atoms with E-state index in [9.17, 15) is 8.42 Å². The van der Waals surface area contributed by atoms with Crippen molar-refractivity contribution >= 4 is 10.2 Å². The first-order valence-electron chi connectivity index (χ1n) is 8.20. The Morgan fingerprint density at radius 3 is 2.10 bits per heavy atom. The van der Waals surface area contributed by atoms with Gasteiger partial charge in [-0.2, -0.15) is 17.0 Å². The smallest absolute Gasteiger partial charge is 0.281 e. The number of nitrogens with zero attached hydrogens (tertiary/aromatic N) is 2. The summed E-state index contributed by atoms with van der Waals surface area (Å²) in [4.78, 5) is 0. The Labute approximate surface area is 132 Å². The standard InChI is InChI=1S/C15H35N3O2S/c1-7-8-9-13-18(15(4)5)21(19,20)17(6)12-10-11-16-14(2)3/h14-16H,7-13H2,1-6H3. The van der Waals surface area contributed by atoms with Crippen LogP contribution in [0.15, 0.2) is 0 Å². The maximum absolute atomic E-state index is 12.6. The molecular weight excluding hydrogens is 286 g/mol. The molecular formula is C15H35N3O2S. The number of rotatable bonds is 12. The average Bonchev–Trinajstić information content (AvgIpc) is 2.38. The molecule has 0 saturated heterocycles. The van der Waals surface area contributed by atoms with Crippen LogP contribution in [0.25, 0.3) is 0 Å². The quantitative estimate of drug-likeness (QED) is 0.562. The van der Waals surface area contributed by atoms with Gasteiger partial charge in [-0.05, 0) is 33.2 Å².